The molecule has 1 fully saturated rings. The van der Waals surface area contributed by atoms with Crippen molar-refractivity contribution in [3.8, 4) is 0 Å². The molecule has 1 unspecified atom stereocenters. The lowest BCUT2D eigenvalue weighted by Crippen LogP contribution is -2.52. The van der Waals surface area contributed by atoms with E-state index >= 15 is 0 Å². The maximum absolute atomic E-state index is 13.1. The van der Waals surface area contributed by atoms with Crippen molar-refractivity contribution < 1.29 is 14.7 Å². The number of aromatic amines is 1. The molecule has 2 amide bonds. The van der Waals surface area contributed by atoms with Crippen LogP contribution in [0.1, 0.15) is 62.8 Å². The van der Waals surface area contributed by atoms with Gasteiger partial charge in [0, 0.05) is 35.5 Å². The molecule has 3 atom stereocenters. The van der Waals surface area contributed by atoms with Crippen molar-refractivity contribution in [1.82, 2.24) is 20.9 Å². The highest BCUT2D eigenvalue weighted by atomic mass is 16.3. The summed E-state index contributed by atoms with van der Waals surface area (Å²) in [5.41, 5.74) is 2.89. The molecule has 4 rings (SSSR count). The van der Waals surface area contributed by atoms with Gasteiger partial charge in [-0.2, -0.15) is 0 Å². The van der Waals surface area contributed by atoms with E-state index in [0.29, 0.717) is 13.0 Å². The minimum Gasteiger partial charge on any atom is -0.374 e. The lowest BCUT2D eigenvalue weighted by atomic mass is 9.92. The number of rotatable bonds is 13. The molecule has 1 aliphatic carbocycles. The minimum atomic E-state index is -0.689. The van der Waals surface area contributed by atoms with Gasteiger partial charge >= 0.3 is 0 Å². The number of unbranched alkanes of at least 4 members (excludes halogenated alkanes) is 1. The summed E-state index contributed by atoms with van der Waals surface area (Å²) < 4.78 is 0. The Labute approximate surface area is 213 Å². The number of para-hydroxylation sites is 1. The monoisotopic (exact) mass is 490 g/mol. The van der Waals surface area contributed by atoms with Crippen LogP contribution in [0.3, 0.4) is 0 Å². The minimum absolute atomic E-state index is 0.0964. The van der Waals surface area contributed by atoms with Crippen molar-refractivity contribution >= 4 is 22.7 Å². The first kappa shape index (κ1) is 25.9. The van der Waals surface area contributed by atoms with Crippen LogP contribution >= 0.6 is 0 Å². The van der Waals surface area contributed by atoms with Crippen LogP contribution in [0.25, 0.3) is 10.9 Å². The molecule has 1 aliphatic rings. The number of aliphatic hydroxyl groups is 1. The number of carbonyl (C=O) groups is 2. The van der Waals surface area contributed by atoms with E-state index in [0.717, 1.165) is 60.6 Å². The van der Waals surface area contributed by atoms with Gasteiger partial charge in [0.2, 0.25) is 11.8 Å². The van der Waals surface area contributed by atoms with E-state index in [1.165, 1.54) is 0 Å². The summed E-state index contributed by atoms with van der Waals surface area (Å²) in [4.78, 5) is 29.4. The number of nitrogens with one attached hydrogen (secondary N) is 4. The molecule has 7 heteroatoms. The molecule has 5 N–H and O–H groups in total. The lowest BCUT2D eigenvalue weighted by molar-refractivity contribution is -0.131. The van der Waals surface area contributed by atoms with E-state index in [1.807, 2.05) is 67.7 Å². The molecule has 3 aromatic rings. The summed E-state index contributed by atoms with van der Waals surface area (Å²) in [5.74, 6) is -0.406. The Balaban J connectivity index is 1.27. The molecule has 1 aromatic heterocycles. The van der Waals surface area contributed by atoms with Gasteiger partial charge in [0.25, 0.3) is 0 Å². The Kier molecular flexibility index (Phi) is 9.14. The van der Waals surface area contributed by atoms with Gasteiger partial charge in [-0.1, -0.05) is 61.9 Å². The van der Waals surface area contributed by atoms with Crippen molar-refractivity contribution in [1.29, 1.82) is 0 Å². The smallest absolute Gasteiger partial charge is 0.243 e. The number of hydrogen-bond donors (Lipinski definition) is 5. The number of benzene rings is 2. The fourth-order valence-corrected chi connectivity index (χ4v) is 4.60. The predicted molar refractivity (Wildman–Crippen MR) is 142 cm³/mol. The van der Waals surface area contributed by atoms with E-state index in [4.69, 9.17) is 0 Å². The SMILES string of the molecule is C[C@@H](CCCCNC(O)c1ccccc1)C(=O)N[C@@H](Cc1c[nH]c2ccccc12)C(=O)NC1CCC1. The Hall–Kier alpha value is -3.16. The third-order valence-corrected chi connectivity index (χ3v) is 7.15. The van der Waals surface area contributed by atoms with Crippen LogP contribution in [0.2, 0.25) is 0 Å². The largest absolute Gasteiger partial charge is 0.374 e. The van der Waals surface area contributed by atoms with Crippen molar-refractivity contribution in [3.05, 3.63) is 71.9 Å². The second kappa shape index (κ2) is 12.7. The summed E-state index contributed by atoms with van der Waals surface area (Å²) >= 11 is 0. The van der Waals surface area contributed by atoms with Gasteiger partial charge in [-0.05, 0) is 55.8 Å². The quantitative estimate of drug-likeness (QED) is 0.185. The third kappa shape index (κ3) is 6.95. The second-order valence-corrected chi connectivity index (χ2v) is 9.93. The van der Waals surface area contributed by atoms with Gasteiger partial charge in [-0.25, -0.2) is 0 Å². The zero-order valence-electron chi connectivity index (χ0n) is 21.0. The van der Waals surface area contributed by atoms with Crippen molar-refractivity contribution in [2.45, 2.75) is 70.2 Å². The highest BCUT2D eigenvalue weighted by Gasteiger charge is 2.28. The van der Waals surface area contributed by atoms with Crippen LogP contribution in [0, 0.1) is 5.92 Å². The van der Waals surface area contributed by atoms with Crippen LogP contribution in [-0.2, 0) is 16.0 Å². The third-order valence-electron chi connectivity index (χ3n) is 7.15. The first-order valence-electron chi connectivity index (χ1n) is 13.1. The maximum atomic E-state index is 13.1. The average molecular weight is 491 g/mol. The van der Waals surface area contributed by atoms with Gasteiger partial charge in [-0.3, -0.25) is 14.9 Å². The van der Waals surface area contributed by atoms with Crippen molar-refractivity contribution in [2.75, 3.05) is 6.54 Å². The summed E-state index contributed by atoms with van der Waals surface area (Å²) in [6.07, 6.45) is 7.26. The van der Waals surface area contributed by atoms with Gasteiger partial charge in [-0.15, -0.1) is 0 Å². The molecule has 36 heavy (non-hydrogen) atoms. The zero-order valence-corrected chi connectivity index (χ0v) is 21.0. The van der Waals surface area contributed by atoms with Crippen molar-refractivity contribution in [3.63, 3.8) is 0 Å². The fraction of sp³-hybridized carbons (Fsp3) is 0.448. The second-order valence-electron chi connectivity index (χ2n) is 9.93. The highest BCUT2D eigenvalue weighted by Crippen LogP contribution is 2.21. The Morgan fingerprint density at radius 1 is 1.03 bits per heavy atom. The molecule has 0 radical (unpaired) electrons. The summed E-state index contributed by atoms with van der Waals surface area (Å²) in [5, 5.41) is 20.5. The molecule has 1 saturated carbocycles. The normalized spacial score (nSPS) is 16.2. The van der Waals surface area contributed by atoms with Crippen molar-refractivity contribution in [2.24, 2.45) is 5.92 Å². The number of fused-ring (bicyclic) bond motifs is 1. The molecule has 0 spiro atoms. The molecule has 1 heterocycles. The number of hydrogen-bond acceptors (Lipinski definition) is 4. The van der Waals surface area contributed by atoms with Crippen LogP contribution in [-0.4, -0.2) is 40.5 Å². The Morgan fingerprint density at radius 2 is 1.78 bits per heavy atom. The number of aromatic nitrogens is 1. The maximum Gasteiger partial charge on any atom is 0.243 e. The number of amides is 2. The van der Waals surface area contributed by atoms with Gasteiger partial charge in [0.1, 0.15) is 12.3 Å². The van der Waals surface area contributed by atoms with Crippen LogP contribution in [0.5, 0.6) is 0 Å². The van der Waals surface area contributed by atoms with E-state index in [9.17, 15) is 14.7 Å². The van der Waals surface area contributed by atoms with Crippen LogP contribution in [0.15, 0.2) is 60.8 Å². The average Bonchev–Trinajstić information content (AvgIpc) is 3.28. The van der Waals surface area contributed by atoms with Gasteiger partial charge < -0.3 is 20.7 Å². The molecule has 0 saturated heterocycles. The predicted octanol–water partition coefficient (Wildman–Crippen LogP) is 3.95. The number of aliphatic hydroxyl groups excluding tert-OH is 1. The Morgan fingerprint density at radius 3 is 2.53 bits per heavy atom. The zero-order chi connectivity index (χ0) is 25.3. The lowest BCUT2D eigenvalue weighted by Gasteiger charge is -2.29. The van der Waals surface area contributed by atoms with E-state index in [1.54, 1.807) is 0 Å². The summed E-state index contributed by atoms with van der Waals surface area (Å²) in [6, 6.07) is 17.1. The Bertz CT molecular complexity index is 1130. The first-order chi connectivity index (χ1) is 17.5. The summed E-state index contributed by atoms with van der Waals surface area (Å²) in [6.45, 7) is 2.57. The molecular weight excluding hydrogens is 452 g/mol. The highest BCUT2D eigenvalue weighted by molar-refractivity contribution is 5.90. The van der Waals surface area contributed by atoms with Gasteiger partial charge in [0.15, 0.2) is 0 Å². The van der Waals surface area contributed by atoms with Crippen LogP contribution in [0.4, 0.5) is 0 Å². The van der Waals surface area contributed by atoms with Crippen LogP contribution < -0.4 is 16.0 Å². The fourth-order valence-electron chi connectivity index (χ4n) is 4.60. The molecule has 2 aromatic carbocycles. The first-order valence-corrected chi connectivity index (χ1v) is 13.1. The standard InChI is InChI=1S/C29H38N4O3/c1-20(10-7-8-17-30-28(35)21-11-3-2-4-12-21)27(34)33-26(29(36)32-23-13-9-14-23)18-22-19-31-25-16-6-5-15-24(22)25/h2-6,11-12,15-16,19-20,23,26,28,30-31,35H,7-10,13-14,17-18H2,1H3,(H,32,36)(H,33,34)/t20-,26-,28?/m0/s1. The van der Waals surface area contributed by atoms with E-state index in [-0.39, 0.29) is 23.8 Å². The number of carbonyl (C=O) groups excluding carboxylic acids is 2. The molecule has 192 valence electrons. The molecule has 0 aliphatic heterocycles. The van der Waals surface area contributed by atoms with E-state index in [2.05, 4.69) is 20.9 Å². The molecule has 0 bridgehead atoms. The molecular formula is C29H38N4O3. The topological polar surface area (TPSA) is 106 Å². The van der Waals surface area contributed by atoms with E-state index < -0.39 is 12.3 Å². The number of H-pyrrole nitrogens is 1. The molecule has 7 nitrogen and oxygen atoms in total. The van der Waals surface area contributed by atoms with Gasteiger partial charge in [0.05, 0.1) is 0 Å². The summed E-state index contributed by atoms with van der Waals surface area (Å²) in [7, 11) is 0.